The number of likely N-dealkylation sites (tertiary alicyclic amines) is 1. The van der Waals surface area contributed by atoms with E-state index in [-0.39, 0.29) is 17.9 Å². The van der Waals surface area contributed by atoms with E-state index in [9.17, 15) is 9.59 Å². The maximum atomic E-state index is 13.1. The largest absolute Gasteiger partial charge is 0.481 e. The van der Waals surface area contributed by atoms with Crippen LogP contribution in [0.4, 0.5) is 0 Å². The molecule has 0 saturated carbocycles. The van der Waals surface area contributed by atoms with Gasteiger partial charge in [0.15, 0.2) is 0 Å². The van der Waals surface area contributed by atoms with Gasteiger partial charge in [-0.1, -0.05) is 26.7 Å². The number of morpholine rings is 1. The molecule has 2 fully saturated rings. The lowest BCUT2D eigenvalue weighted by Gasteiger charge is -2.41. The maximum absolute atomic E-state index is 13.1. The Balaban J connectivity index is 2.05. The number of hydrogen-bond donors (Lipinski definition) is 1. The molecule has 1 amide bonds. The van der Waals surface area contributed by atoms with E-state index in [1.807, 2.05) is 4.90 Å². The molecule has 0 aliphatic carbocycles. The molecule has 0 aromatic heterocycles. The molecule has 2 aliphatic heterocycles. The molecule has 1 N–H and O–H groups in total. The number of piperidine rings is 1. The van der Waals surface area contributed by atoms with E-state index in [1.54, 1.807) is 0 Å². The molecule has 1 unspecified atom stereocenters. The van der Waals surface area contributed by atoms with Crippen molar-refractivity contribution in [3.63, 3.8) is 0 Å². The number of carbonyl (C=O) groups excluding carboxylic acids is 1. The Morgan fingerprint density at radius 3 is 2.13 bits per heavy atom. The summed E-state index contributed by atoms with van der Waals surface area (Å²) in [6, 6.07) is -0.0877. The van der Waals surface area contributed by atoms with Crippen LogP contribution in [0.25, 0.3) is 0 Å². The van der Waals surface area contributed by atoms with Crippen molar-refractivity contribution in [3.8, 4) is 0 Å². The smallest absolute Gasteiger partial charge is 0.306 e. The minimum Gasteiger partial charge on any atom is -0.481 e. The number of rotatable bonds is 6. The SMILES string of the molecule is CCC(CC)C(C(=O)N1CCC(C(=O)O)CC1)N1CCOCC1. The topological polar surface area (TPSA) is 70.1 Å². The molecule has 0 aromatic rings. The highest BCUT2D eigenvalue weighted by Crippen LogP contribution is 2.25. The van der Waals surface area contributed by atoms with Crippen LogP contribution in [0.5, 0.6) is 0 Å². The number of ether oxygens (including phenoxy) is 1. The van der Waals surface area contributed by atoms with Gasteiger partial charge >= 0.3 is 5.97 Å². The van der Waals surface area contributed by atoms with Crippen LogP contribution < -0.4 is 0 Å². The fraction of sp³-hybridized carbons (Fsp3) is 0.882. The number of carboxylic acid groups (broad SMARTS) is 1. The highest BCUT2D eigenvalue weighted by atomic mass is 16.5. The Morgan fingerprint density at radius 1 is 1.09 bits per heavy atom. The van der Waals surface area contributed by atoms with E-state index in [0.29, 0.717) is 45.1 Å². The summed E-state index contributed by atoms with van der Waals surface area (Å²) in [5.74, 6) is -0.502. The van der Waals surface area contributed by atoms with Crippen LogP contribution in [0.1, 0.15) is 39.5 Å². The molecule has 2 rings (SSSR count). The van der Waals surface area contributed by atoms with Crippen molar-refractivity contribution in [1.82, 2.24) is 9.80 Å². The fourth-order valence-electron chi connectivity index (χ4n) is 3.78. The molecular formula is C17H30N2O4. The van der Waals surface area contributed by atoms with Crippen molar-refractivity contribution >= 4 is 11.9 Å². The third kappa shape index (κ3) is 4.44. The van der Waals surface area contributed by atoms with Crippen LogP contribution in [-0.2, 0) is 14.3 Å². The van der Waals surface area contributed by atoms with E-state index < -0.39 is 5.97 Å². The quantitative estimate of drug-likeness (QED) is 0.800. The summed E-state index contributed by atoms with van der Waals surface area (Å²) in [7, 11) is 0. The van der Waals surface area contributed by atoms with Crippen molar-refractivity contribution in [2.24, 2.45) is 11.8 Å². The van der Waals surface area contributed by atoms with E-state index in [2.05, 4.69) is 18.7 Å². The third-order valence-electron chi connectivity index (χ3n) is 5.34. The third-order valence-corrected chi connectivity index (χ3v) is 5.34. The van der Waals surface area contributed by atoms with Gasteiger partial charge in [-0.25, -0.2) is 0 Å². The van der Waals surface area contributed by atoms with E-state index in [1.165, 1.54) is 0 Å². The minimum atomic E-state index is -0.734. The number of amides is 1. The Labute approximate surface area is 138 Å². The summed E-state index contributed by atoms with van der Waals surface area (Å²) in [6.07, 6.45) is 3.10. The molecule has 2 saturated heterocycles. The number of hydrogen-bond acceptors (Lipinski definition) is 4. The predicted molar refractivity (Wildman–Crippen MR) is 87.2 cm³/mol. The molecule has 6 nitrogen and oxygen atoms in total. The van der Waals surface area contributed by atoms with Crippen LogP contribution in [0.15, 0.2) is 0 Å². The summed E-state index contributed by atoms with van der Waals surface area (Å²) < 4.78 is 5.43. The average Bonchev–Trinajstić information content (AvgIpc) is 2.59. The minimum absolute atomic E-state index is 0.0877. The van der Waals surface area contributed by atoms with Gasteiger partial charge in [-0.3, -0.25) is 14.5 Å². The predicted octanol–water partition coefficient (Wildman–Crippen LogP) is 1.45. The van der Waals surface area contributed by atoms with Gasteiger partial charge in [0.1, 0.15) is 0 Å². The van der Waals surface area contributed by atoms with Gasteiger partial charge in [-0.2, -0.15) is 0 Å². The number of carbonyl (C=O) groups is 2. The van der Waals surface area contributed by atoms with Crippen molar-refractivity contribution in [2.75, 3.05) is 39.4 Å². The summed E-state index contributed by atoms with van der Waals surface area (Å²) >= 11 is 0. The van der Waals surface area contributed by atoms with Crippen LogP contribution in [0, 0.1) is 11.8 Å². The van der Waals surface area contributed by atoms with Gasteiger partial charge in [0.05, 0.1) is 25.2 Å². The first-order valence-corrected chi connectivity index (χ1v) is 8.91. The second-order valence-electron chi connectivity index (χ2n) is 6.61. The van der Waals surface area contributed by atoms with E-state index in [4.69, 9.17) is 9.84 Å². The van der Waals surface area contributed by atoms with E-state index >= 15 is 0 Å². The van der Waals surface area contributed by atoms with Crippen LogP contribution >= 0.6 is 0 Å². The van der Waals surface area contributed by atoms with Gasteiger partial charge in [-0.15, -0.1) is 0 Å². The summed E-state index contributed by atoms with van der Waals surface area (Å²) in [5, 5.41) is 9.11. The zero-order chi connectivity index (χ0) is 16.8. The molecule has 23 heavy (non-hydrogen) atoms. The highest BCUT2D eigenvalue weighted by molar-refractivity contribution is 5.82. The van der Waals surface area contributed by atoms with Crippen LogP contribution in [0.2, 0.25) is 0 Å². The Bertz CT molecular complexity index is 397. The molecular weight excluding hydrogens is 296 g/mol. The molecule has 132 valence electrons. The lowest BCUT2D eigenvalue weighted by Crippen LogP contribution is -2.56. The van der Waals surface area contributed by atoms with E-state index in [0.717, 1.165) is 25.9 Å². The molecule has 2 aliphatic rings. The summed E-state index contributed by atoms with van der Waals surface area (Å²) in [6.45, 7) is 8.40. The zero-order valence-corrected chi connectivity index (χ0v) is 14.4. The van der Waals surface area contributed by atoms with Gasteiger partial charge in [0, 0.05) is 26.2 Å². The summed E-state index contributed by atoms with van der Waals surface area (Å²) in [4.78, 5) is 28.4. The first-order valence-electron chi connectivity index (χ1n) is 8.91. The number of aliphatic carboxylic acids is 1. The second kappa shape index (κ2) is 8.64. The first kappa shape index (κ1) is 18.2. The van der Waals surface area contributed by atoms with Gasteiger partial charge < -0.3 is 14.7 Å². The number of carboxylic acids is 1. The molecule has 0 bridgehead atoms. The monoisotopic (exact) mass is 326 g/mol. The fourth-order valence-corrected chi connectivity index (χ4v) is 3.78. The number of nitrogens with zero attached hydrogens (tertiary/aromatic N) is 2. The molecule has 1 atom stereocenters. The standard InChI is InChI=1S/C17H30N2O4/c1-3-13(4-2)15(18-9-11-23-12-10-18)16(20)19-7-5-14(6-8-19)17(21)22/h13-15H,3-12H2,1-2H3,(H,21,22). The molecule has 2 heterocycles. The maximum Gasteiger partial charge on any atom is 0.306 e. The molecule has 6 heteroatoms. The zero-order valence-electron chi connectivity index (χ0n) is 14.4. The van der Waals surface area contributed by atoms with Crippen LogP contribution in [-0.4, -0.2) is 72.2 Å². The van der Waals surface area contributed by atoms with Crippen molar-refractivity contribution in [1.29, 1.82) is 0 Å². The first-order chi connectivity index (χ1) is 11.1. The normalized spacial score (nSPS) is 22.3. The summed E-state index contributed by atoms with van der Waals surface area (Å²) in [5.41, 5.74) is 0. The lowest BCUT2D eigenvalue weighted by molar-refractivity contribution is -0.149. The van der Waals surface area contributed by atoms with Crippen molar-refractivity contribution in [2.45, 2.75) is 45.6 Å². The van der Waals surface area contributed by atoms with Crippen molar-refractivity contribution < 1.29 is 19.4 Å². The second-order valence-corrected chi connectivity index (χ2v) is 6.61. The van der Waals surface area contributed by atoms with Crippen molar-refractivity contribution in [3.05, 3.63) is 0 Å². The highest BCUT2D eigenvalue weighted by Gasteiger charge is 2.37. The average molecular weight is 326 g/mol. The Hall–Kier alpha value is -1.14. The van der Waals surface area contributed by atoms with Crippen LogP contribution in [0.3, 0.4) is 0 Å². The molecule has 0 aromatic carbocycles. The van der Waals surface area contributed by atoms with Gasteiger partial charge in [0.2, 0.25) is 5.91 Å². The molecule has 0 radical (unpaired) electrons. The Morgan fingerprint density at radius 2 is 1.65 bits per heavy atom. The molecule has 0 spiro atoms. The lowest BCUT2D eigenvalue weighted by atomic mass is 9.90. The Kier molecular flexibility index (Phi) is 6.84. The van der Waals surface area contributed by atoms with Gasteiger partial charge in [-0.05, 0) is 18.8 Å². The van der Waals surface area contributed by atoms with Gasteiger partial charge in [0.25, 0.3) is 0 Å².